The Morgan fingerprint density at radius 3 is 2.76 bits per heavy atom. The molecule has 1 N–H and O–H groups in total. The van der Waals surface area contributed by atoms with Gasteiger partial charge in [-0.15, -0.1) is 0 Å². The Bertz CT molecular complexity index is 1620. The van der Waals surface area contributed by atoms with Gasteiger partial charge >= 0.3 is 0 Å². The average Bonchev–Trinajstić information content (AvgIpc) is 3.50. The summed E-state index contributed by atoms with van der Waals surface area (Å²) in [7, 11) is 0. The summed E-state index contributed by atoms with van der Waals surface area (Å²) < 4.78 is 11.8. The number of nitrogens with zero attached hydrogens (tertiary/aromatic N) is 5. The van der Waals surface area contributed by atoms with E-state index in [0.29, 0.717) is 18.5 Å². The molecule has 4 saturated heterocycles. The molecule has 4 fully saturated rings. The standard InChI is InChI=1S/C31H32N6O5/c38-27-6-5-26(28(39)34-27)36-15-21-12-22(2-3-24(21)29(36)40)42-23-7-9-35(16-23)14-19-1-4-25-20(11-19)13-32-30(33-25)37-10-8-31(37)17-41-18-31/h1-4,11-13,23,26H,5-10,14-18H2,(H,34,38,39)/t23-,26?/m0/s1. The van der Waals surface area contributed by atoms with Crippen LogP contribution >= 0.6 is 0 Å². The third-order valence-electron chi connectivity index (χ3n) is 9.42. The van der Waals surface area contributed by atoms with Gasteiger partial charge in [0.2, 0.25) is 17.8 Å². The number of piperidine rings is 1. The van der Waals surface area contributed by atoms with Crippen LogP contribution in [0.15, 0.2) is 42.6 Å². The maximum absolute atomic E-state index is 13.0. The van der Waals surface area contributed by atoms with E-state index in [-0.39, 0.29) is 29.9 Å². The van der Waals surface area contributed by atoms with E-state index in [2.05, 4.69) is 38.3 Å². The molecule has 0 saturated carbocycles. The maximum atomic E-state index is 13.0. The predicted octanol–water partition coefficient (Wildman–Crippen LogP) is 2.02. The van der Waals surface area contributed by atoms with Crippen molar-refractivity contribution in [2.45, 2.75) is 56.5 Å². The third-order valence-corrected chi connectivity index (χ3v) is 9.42. The highest BCUT2D eigenvalue weighted by Gasteiger charge is 2.52. The van der Waals surface area contributed by atoms with Crippen LogP contribution in [0.2, 0.25) is 0 Å². The minimum absolute atomic E-state index is 0.0528. The highest BCUT2D eigenvalue weighted by atomic mass is 16.5. The number of aromatic nitrogens is 2. The number of benzene rings is 2. The van der Waals surface area contributed by atoms with Crippen molar-refractivity contribution in [3.8, 4) is 5.75 Å². The second-order valence-corrected chi connectivity index (χ2v) is 12.2. The highest BCUT2D eigenvalue weighted by Crippen LogP contribution is 2.39. The summed E-state index contributed by atoms with van der Waals surface area (Å²) in [6.07, 6.45) is 4.64. The molecule has 3 amide bonds. The first-order chi connectivity index (χ1) is 20.4. The van der Waals surface area contributed by atoms with Crippen LogP contribution in [0.3, 0.4) is 0 Å². The number of imide groups is 1. The Kier molecular flexibility index (Phi) is 5.94. The molecule has 0 radical (unpaired) electrons. The first kappa shape index (κ1) is 25.6. The van der Waals surface area contributed by atoms with Crippen LogP contribution < -0.4 is 15.0 Å². The molecule has 11 nitrogen and oxygen atoms in total. The van der Waals surface area contributed by atoms with Gasteiger partial charge in [-0.1, -0.05) is 6.07 Å². The van der Waals surface area contributed by atoms with E-state index in [0.717, 1.165) is 80.4 Å². The van der Waals surface area contributed by atoms with Crippen LogP contribution in [0.5, 0.6) is 5.75 Å². The van der Waals surface area contributed by atoms with Gasteiger partial charge in [0.15, 0.2) is 0 Å². The number of fused-ring (bicyclic) bond motifs is 2. The summed E-state index contributed by atoms with van der Waals surface area (Å²) in [4.78, 5) is 52.6. The number of ether oxygens (including phenoxy) is 2. The number of anilines is 1. The molecule has 216 valence electrons. The molecular formula is C31H32N6O5. The van der Waals surface area contributed by atoms with Crippen molar-refractivity contribution in [2.75, 3.05) is 37.7 Å². The fourth-order valence-corrected chi connectivity index (χ4v) is 6.90. The molecule has 1 spiro atoms. The quantitative estimate of drug-likeness (QED) is 0.446. The summed E-state index contributed by atoms with van der Waals surface area (Å²) in [6, 6.07) is 11.3. The lowest BCUT2D eigenvalue weighted by Crippen LogP contribution is -2.71. The number of carbonyl (C=O) groups excluding carboxylic acids is 3. The van der Waals surface area contributed by atoms with Gasteiger partial charge < -0.3 is 19.3 Å². The minimum Gasteiger partial charge on any atom is -0.489 e. The number of nitrogens with one attached hydrogen (secondary N) is 1. The summed E-state index contributed by atoms with van der Waals surface area (Å²) in [5.74, 6) is 0.666. The lowest BCUT2D eigenvalue weighted by Gasteiger charge is -2.57. The third kappa shape index (κ3) is 4.30. The van der Waals surface area contributed by atoms with Crippen LogP contribution in [0.1, 0.15) is 47.2 Å². The molecule has 11 heteroatoms. The number of hydrogen-bond acceptors (Lipinski definition) is 9. The lowest BCUT2D eigenvalue weighted by atomic mass is 9.83. The van der Waals surface area contributed by atoms with E-state index in [9.17, 15) is 14.4 Å². The normalized spacial score (nSPS) is 25.0. The van der Waals surface area contributed by atoms with Crippen molar-refractivity contribution >= 4 is 34.6 Å². The number of likely N-dealkylation sites (tertiary alicyclic amines) is 1. The Morgan fingerprint density at radius 1 is 1.07 bits per heavy atom. The molecule has 8 rings (SSSR count). The molecule has 0 aliphatic carbocycles. The molecule has 1 unspecified atom stereocenters. The van der Waals surface area contributed by atoms with Gasteiger partial charge in [0.1, 0.15) is 17.9 Å². The first-order valence-electron chi connectivity index (χ1n) is 14.7. The molecule has 1 aromatic heterocycles. The Morgan fingerprint density at radius 2 is 1.98 bits per heavy atom. The monoisotopic (exact) mass is 568 g/mol. The fourth-order valence-electron chi connectivity index (χ4n) is 6.90. The number of hydrogen-bond donors (Lipinski definition) is 1. The molecule has 5 aliphatic heterocycles. The number of amides is 3. The lowest BCUT2D eigenvalue weighted by molar-refractivity contribution is -0.136. The van der Waals surface area contributed by atoms with Crippen molar-refractivity contribution in [3.05, 3.63) is 59.3 Å². The number of rotatable bonds is 6. The SMILES string of the molecule is O=C1CCC(N2Cc3cc(O[C@H]4CCN(Cc5ccc6nc(N7CCC78COC8)ncc6c5)C4)ccc3C2=O)C(=O)N1. The Hall–Kier alpha value is -4.09. The predicted molar refractivity (Wildman–Crippen MR) is 152 cm³/mol. The van der Waals surface area contributed by atoms with E-state index in [4.69, 9.17) is 14.5 Å². The smallest absolute Gasteiger partial charge is 0.255 e. The molecule has 3 aromatic rings. The van der Waals surface area contributed by atoms with Crippen molar-refractivity contribution in [1.29, 1.82) is 0 Å². The van der Waals surface area contributed by atoms with Crippen molar-refractivity contribution in [3.63, 3.8) is 0 Å². The van der Waals surface area contributed by atoms with E-state index in [1.807, 2.05) is 18.3 Å². The van der Waals surface area contributed by atoms with Gasteiger partial charge in [-0.25, -0.2) is 9.97 Å². The summed E-state index contributed by atoms with van der Waals surface area (Å²) in [6.45, 7) is 5.43. The molecule has 5 aliphatic rings. The zero-order valence-corrected chi connectivity index (χ0v) is 23.3. The Labute approximate surface area is 242 Å². The molecular weight excluding hydrogens is 536 g/mol. The van der Waals surface area contributed by atoms with Gasteiger partial charge in [-0.3, -0.25) is 24.6 Å². The van der Waals surface area contributed by atoms with Gasteiger partial charge in [-0.05, 0) is 60.7 Å². The van der Waals surface area contributed by atoms with Crippen LogP contribution in [-0.4, -0.2) is 88.0 Å². The summed E-state index contributed by atoms with van der Waals surface area (Å²) >= 11 is 0. The summed E-state index contributed by atoms with van der Waals surface area (Å²) in [5.41, 5.74) is 3.74. The van der Waals surface area contributed by atoms with Crippen LogP contribution in [0.25, 0.3) is 10.9 Å². The summed E-state index contributed by atoms with van der Waals surface area (Å²) in [5, 5.41) is 3.39. The fraction of sp³-hybridized carbons (Fsp3) is 0.452. The van der Waals surface area contributed by atoms with Gasteiger partial charge in [0.05, 0.1) is 24.3 Å². The first-order valence-corrected chi connectivity index (χ1v) is 14.7. The zero-order valence-electron chi connectivity index (χ0n) is 23.3. The number of carbonyl (C=O) groups is 3. The van der Waals surface area contributed by atoms with Gasteiger partial charge in [-0.2, -0.15) is 0 Å². The maximum Gasteiger partial charge on any atom is 0.255 e. The van der Waals surface area contributed by atoms with E-state index >= 15 is 0 Å². The molecule has 0 bridgehead atoms. The second kappa shape index (κ2) is 9.74. The minimum atomic E-state index is -0.617. The van der Waals surface area contributed by atoms with Gasteiger partial charge in [0, 0.05) is 56.3 Å². The molecule has 6 heterocycles. The second-order valence-electron chi connectivity index (χ2n) is 12.2. The van der Waals surface area contributed by atoms with Crippen LogP contribution in [-0.2, 0) is 27.4 Å². The van der Waals surface area contributed by atoms with E-state index in [1.165, 1.54) is 5.56 Å². The van der Waals surface area contributed by atoms with Crippen molar-refractivity contribution < 1.29 is 23.9 Å². The van der Waals surface area contributed by atoms with E-state index in [1.54, 1.807) is 11.0 Å². The van der Waals surface area contributed by atoms with Crippen molar-refractivity contribution in [2.24, 2.45) is 0 Å². The average molecular weight is 569 g/mol. The molecule has 2 aromatic carbocycles. The topological polar surface area (TPSA) is 117 Å². The largest absolute Gasteiger partial charge is 0.489 e. The zero-order chi connectivity index (χ0) is 28.4. The Balaban J connectivity index is 0.886. The molecule has 42 heavy (non-hydrogen) atoms. The van der Waals surface area contributed by atoms with Gasteiger partial charge in [0.25, 0.3) is 5.91 Å². The van der Waals surface area contributed by atoms with Crippen LogP contribution in [0.4, 0.5) is 5.95 Å². The molecule has 2 atom stereocenters. The van der Waals surface area contributed by atoms with Crippen LogP contribution in [0, 0.1) is 0 Å². The van der Waals surface area contributed by atoms with E-state index < -0.39 is 11.9 Å². The van der Waals surface area contributed by atoms with Crippen molar-refractivity contribution in [1.82, 2.24) is 25.1 Å². The highest BCUT2D eigenvalue weighted by molar-refractivity contribution is 6.05.